The van der Waals surface area contributed by atoms with Gasteiger partial charge >= 0.3 is 0 Å². The molecule has 0 radical (unpaired) electrons. The Kier molecular flexibility index (Phi) is 5.11. The highest BCUT2D eigenvalue weighted by molar-refractivity contribution is 5.50. The van der Waals surface area contributed by atoms with Crippen molar-refractivity contribution >= 4 is 0 Å². The molecule has 0 aromatic heterocycles. The molecule has 124 valence electrons. The fourth-order valence-corrected chi connectivity index (χ4v) is 3.67. The Morgan fingerprint density at radius 1 is 1.30 bits per heavy atom. The molecule has 2 N–H and O–H groups in total. The number of ether oxygens (including phenoxy) is 1. The zero-order chi connectivity index (χ0) is 16.2. The maximum absolute atomic E-state index is 13.8. The van der Waals surface area contributed by atoms with Gasteiger partial charge in [-0.05, 0) is 24.8 Å². The molecule has 1 aromatic rings. The number of halogens is 1. The highest BCUT2D eigenvalue weighted by Crippen LogP contribution is 2.40. The van der Waals surface area contributed by atoms with Gasteiger partial charge in [0.25, 0.3) is 0 Å². The zero-order valence-electron chi connectivity index (χ0n) is 13.1. The van der Waals surface area contributed by atoms with E-state index in [4.69, 9.17) is 10.00 Å². The van der Waals surface area contributed by atoms with Crippen LogP contribution in [-0.2, 0) is 4.74 Å². The fourth-order valence-electron chi connectivity index (χ4n) is 3.67. The van der Waals surface area contributed by atoms with E-state index in [9.17, 15) is 9.50 Å². The molecule has 2 saturated heterocycles. The van der Waals surface area contributed by atoms with E-state index in [0.717, 1.165) is 39.0 Å². The van der Waals surface area contributed by atoms with E-state index in [-0.39, 0.29) is 17.4 Å². The first-order chi connectivity index (χ1) is 11.2. The van der Waals surface area contributed by atoms with Crippen LogP contribution in [0.5, 0.6) is 5.75 Å². The lowest BCUT2D eigenvalue weighted by Gasteiger charge is -2.41. The molecule has 1 aromatic carbocycles. The monoisotopic (exact) mass is 319 g/mol. The number of nitrogens with one attached hydrogen (secondary N) is 1. The van der Waals surface area contributed by atoms with Gasteiger partial charge in [-0.1, -0.05) is 6.07 Å². The van der Waals surface area contributed by atoms with Crippen molar-refractivity contribution in [3.05, 3.63) is 29.1 Å². The molecule has 0 unspecified atom stereocenters. The number of aromatic hydroxyl groups is 1. The van der Waals surface area contributed by atoms with E-state index in [1.54, 1.807) is 12.1 Å². The van der Waals surface area contributed by atoms with E-state index < -0.39 is 5.82 Å². The van der Waals surface area contributed by atoms with Crippen LogP contribution in [-0.4, -0.2) is 49.4 Å². The molecular weight excluding hydrogens is 297 g/mol. The van der Waals surface area contributed by atoms with Gasteiger partial charge in [-0.25, -0.2) is 4.39 Å². The Bertz CT molecular complexity index is 572. The van der Waals surface area contributed by atoms with Gasteiger partial charge < -0.3 is 15.2 Å². The summed E-state index contributed by atoms with van der Waals surface area (Å²) in [4.78, 5) is 2.33. The summed E-state index contributed by atoms with van der Waals surface area (Å²) in [7, 11) is 0. The Balaban J connectivity index is 1.99. The Hall–Kier alpha value is -1.68. The van der Waals surface area contributed by atoms with Crippen molar-refractivity contribution in [3.8, 4) is 11.8 Å². The molecule has 6 heteroatoms. The smallest absolute Gasteiger partial charge is 0.144 e. The second-order valence-corrected chi connectivity index (χ2v) is 6.15. The van der Waals surface area contributed by atoms with Crippen molar-refractivity contribution in [2.45, 2.75) is 18.9 Å². The highest BCUT2D eigenvalue weighted by Gasteiger charge is 2.33. The largest absolute Gasteiger partial charge is 0.506 e. The maximum atomic E-state index is 13.8. The third kappa shape index (κ3) is 3.32. The Morgan fingerprint density at radius 2 is 2.00 bits per heavy atom. The molecule has 0 aliphatic carbocycles. The van der Waals surface area contributed by atoms with Crippen LogP contribution in [0.2, 0.25) is 0 Å². The lowest BCUT2D eigenvalue weighted by molar-refractivity contribution is 0.0206. The molecule has 0 saturated carbocycles. The number of rotatable bonds is 3. The van der Waals surface area contributed by atoms with Gasteiger partial charge in [-0.2, -0.15) is 5.26 Å². The van der Waals surface area contributed by atoms with E-state index >= 15 is 0 Å². The lowest BCUT2D eigenvalue weighted by atomic mass is 9.84. The minimum atomic E-state index is -0.667. The van der Waals surface area contributed by atoms with E-state index in [0.29, 0.717) is 24.7 Å². The third-order valence-corrected chi connectivity index (χ3v) is 4.85. The number of benzene rings is 1. The molecular formula is C17H22FN3O2. The summed E-state index contributed by atoms with van der Waals surface area (Å²) in [5, 5.41) is 22.9. The van der Waals surface area contributed by atoms with Gasteiger partial charge in [0.15, 0.2) is 0 Å². The van der Waals surface area contributed by atoms with Crippen LogP contribution in [0.1, 0.15) is 30.0 Å². The molecule has 2 heterocycles. The van der Waals surface area contributed by atoms with Crippen molar-refractivity contribution in [1.82, 2.24) is 10.2 Å². The van der Waals surface area contributed by atoms with Gasteiger partial charge in [0.05, 0.1) is 0 Å². The van der Waals surface area contributed by atoms with Crippen molar-refractivity contribution in [2.24, 2.45) is 5.92 Å². The molecule has 5 nitrogen and oxygen atoms in total. The normalized spacial score (nSPS) is 21.7. The summed E-state index contributed by atoms with van der Waals surface area (Å²) in [6, 6.07) is 4.70. The molecule has 2 aliphatic heterocycles. The van der Waals surface area contributed by atoms with Crippen LogP contribution in [0.4, 0.5) is 4.39 Å². The number of nitrogens with zero attached hydrogens (tertiary/aromatic N) is 2. The summed E-state index contributed by atoms with van der Waals surface area (Å²) in [5.41, 5.74) is 0.409. The number of piperazine rings is 1. The minimum Gasteiger partial charge on any atom is -0.506 e. The first kappa shape index (κ1) is 16.2. The fraction of sp³-hybridized carbons (Fsp3) is 0.588. The molecule has 2 fully saturated rings. The van der Waals surface area contributed by atoms with Gasteiger partial charge in [0.2, 0.25) is 0 Å². The predicted molar refractivity (Wildman–Crippen MR) is 83.5 cm³/mol. The summed E-state index contributed by atoms with van der Waals surface area (Å²) >= 11 is 0. The first-order valence-corrected chi connectivity index (χ1v) is 8.16. The average Bonchev–Trinajstić information content (AvgIpc) is 2.60. The van der Waals surface area contributed by atoms with Gasteiger partial charge in [-0.3, -0.25) is 4.90 Å². The van der Waals surface area contributed by atoms with Gasteiger partial charge in [0.1, 0.15) is 23.2 Å². The topological polar surface area (TPSA) is 68.5 Å². The lowest BCUT2D eigenvalue weighted by Crippen LogP contribution is -2.47. The highest BCUT2D eigenvalue weighted by atomic mass is 19.1. The van der Waals surface area contributed by atoms with Crippen molar-refractivity contribution in [2.75, 3.05) is 39.4 Å². The predicted octanol–water partition coefficient (Wildman–Crippen LogP) is 1.78. The van der Waals surface area contributed by atoms with Crippen LogP contribution in [0.15, 0.2) is 12.1 Å². The van der Waals surface area contributed by atoms with Crippen LogP contribution < -0.4 is 5.32 Å². The van der Waals surface area contributed by atoms with Crippen LogP contribution in [0.25, 0.3) is 0 Å². The number of hydrogen-bond donors (Lipinski definition) is 2. The van der Waals surface area contributed by atoms with Crippen molar-refractivity contribution < 1.29 is 14.2 Å². The number of hydrogen-bond acceptors (Lipinski definition) is 5. The Morgan fingerprint density at radius 3 is 2.65 bits per heavy atom. The minimum absolute atomic E-state index is 0.00583. The zero-order valence-corrected chi connectivity index (χ0v) is 13.1. The molecule has 3 rings (SSSR count). The van der Waals surface area contributed by atoms with E-state index in [2.05, 4.69) is 10.2 Å². The number of phenols is 1. The van der Waals surface area contributed by atoms with Gasteiger partial charge in [-0.15, -0.1) is 0 Å². The first-order valence-electron chi connectivity index (χ1n) is 8.16. The summed E-state index contributed by atoms with van der Waals surface area (Å²) in [6.07, 6.45) is 1.82. The summed E-state index contributed by atoms with van der Waals surface area (Å²) < 4.78 is 19.2. The van der Waals surface area contributed by atoms with Crippen LogP contribution in [0.3, 0.4) is 0 Å². The SMILES string of the molecule is N#Cc1c(F)ccc([C@@H](C2CCOCC2)N2CCNCC2)c1O. The van der Waals surface area contributed by atoms with Crippen LogP contribution in [0, 0.1) is 23.1 Å². The maximum Gasteiger partial charge on any atom is 0.144 e. The molecule has 2 aliphatic rings. The van der Waals surface area contributed by atoms with Crippen LogP contribution >= 0.6 is 0 Å². The number of phenolic OH excluding ortho intramolecular Hbond substituents is 1. The van der Waals surface area contributed by atoms with Gasteiger partial charge in [0, 0.05) is 51.0 Å². The molecule has 0 bridgehead atoms. The Labute approximate surface area is 135 Å². The molecule has 0 spiro atoms. The standard InChI is InChI=1S/C17H22FN3O2/c18-15-2-1-13(17(22)14(15)11-19)16(12-3-9-23-10-4-12)21-7-5-20-6-8-21/h1-2,12,16,20,22H,3-10H2/t16-/m1/s1. The third-order valence-electron chi connectivity index (χ3n) is 4.85. The second-order valence-electron chi connectivity index (χ2n) is 6.15. The second kappa shape index (κ2) is 7.26. The van der Waals surface area contributed by atoms with Crippen molar-refractivity contribution in [3.63, 3.8) is 0 Å². The van der Waals surface area contributed by atoms with E-state index in [1.165, 1.54) is 6.07 Å². The summed E-state index contributed by atoms with van der Waals surface area (Å²) in [6.45, 7) is 4.96. The molecule has 23 heavy (non-hydrogen) atoms. The summed E-state index contributed by atoms with van der Waals surface area (Å²) in [5.74, 6) is -0.535. The van der Waals surface area contributed by atoms with Crippen molar-refractivity contribution in [1.29, 1.82) is 5.26 Å². The molecule has 1 atom stereocenters. The molecule has 0 amide bonds. The van der Waals surface area contributed by atoms with E-state index in [1.807, 2.05) is 0 Å². The number of nitriles is 1. The quantitative estimate of drug-likeness (QED) is 0.889. The average molecular weight is 319 g/mol.